The minimum Gasteiger partial charge on any atom is -0.339 e. The van der Waals surface area contributed by atoms with Crippen LogP contribution >= 0.6 is 11.3 Å². The molecule has 0 unspecified atom stereocenters. The highest BCUT2D eigenvalue weighted by atomic mass is 32.1. The standard InChI is InChI=1S/C24H24N4O2S/c29-22-24(28(17-25-22)20-9-5-2-6-10-20)11-13-27(14-12-24)23(30)26-19-15-21(31-16-19)18-7-3-1-4-8-18/h1-10,15-16H,11-14,17H2,(H,25,29)(H,26,30). The fraction of sp³-hybridized carbons (Fsp3) is 0.250. The van der Waals surface area contributed by atoms with E-state index in [0.717, 1.165) is 21.8 Å². The highest BCUT2D eigenvalue weighted by Crippen LogP contribution is 2.36. The molecule has 2 aliphatic heterocycles. The molecule has 2 fully saturated rings. The van der Waals surface area contributed by atoms with Crippen molar-refractivity contribution in [3.05, 3.63) is 72.1 Å². The molecule has 7 heteroatoms. The quantitative estimate of drug-likeness (QED) is 0.646. The minimum atomic E-state index is -0.582. The fourth-order valence-electron chi connectivity index (χ4n) is 4.47. The summed E-state index contributed by atoms with van der Waals surface area (Å²) in [5, 5.41) is 7.98. The van der Waals surface area contributed by atoms with E-state index < -0.39 is 5.54 Å². The SMILES string of the molecule is O=C(Nc1csc(-c2ccccc2)c1)N1CCC2(CC1)C(=O)NCN2c1ccccc1. The molecule has 0 radical (unpaired) electrons. The number of para-hydroxylation sites is 1. The molecule has 6 nitrogen and oxygen atoms in total. The Balaban J connectivity index is 1.25. The van der Waals surface area contributed by atoms with Gasteiger partial charge in [0.25, 0.3) is 0 Å². The Morgan fingerprint density at radius 3 is 2.39 bits per heavy atom. The monoisotopic (exact) mass is 432 g/mol. The first-order chi connectivity index (χ1) is 15.2. The van der Waals surface area contributed by atoms with Crippen molar-refractivity contribution in [3.8, 4) is 10.4 Å². The lowest BCUT2D eigenvalue weighted by molar-refractivity contribution is -0.124. The van der Waals surface area contributed by atoms with Gasteiger partial charge < -0.3 is 20.4 Å². The van der Waals surface area contributed by atoms with Gasteiger partial charge >= 0.3 is 6.03 Å². The Hall–Kier alpha value is -3.32. The van der Waals surface area contributed by atoms with Gasteiger partial charge in [0.05, 0.1) is 12.4 Å². The van der Waals surface area contributed by atoms with Gasteiger partial charge in [-0.1, -0.05) is 48.5 Å². The van der Waals surface area contributed by atoms with Gasteiger partial charge in [0.15, 0.2) is 0 Å². The van der Waals surface area contributed by atoms with E-state index in [1.807, 2.05) is 60.0 Å². The summed E-state index contributed by atoms with van der Waals surface area (Å²) in [4.78, 5) is 30.7. The Labute approximate surface area is 185 Å². The van der Waals surface area contributed by atoms with E-state index >= 15 is 0 Å². The first kappa shape index (κ1) is 19.6. The van der Waals surface area contributed by atoms with Crippen LogP contribution in [0.15, 0.2) is 72.1 Å². The van der Waals surface area contributed by atoms with Crippen LogP contribution in [0.5, 0.6) is 0 Å². The van der Waals surface area contributed by atoms with E-state index in [1.165, 1.54) is 0 Å². The molecule has 3 heterocycles. The zero-order valence-electron chi connectivity index (χ0n) is 17.1. The predicted octanol–water partition coefficient (Wildman–Crippen LogP) is 4.38. The maximum absolute atomic E-state index is 12.9. The topological polar surface area (TPSA) is 64.7 Å². The van der Waals surface area contributed by atoms with E-state index in [0.29, 0.717) is 32.6 Å². The van der Waals surface area contributed by atoms with Crippen molar-refractivity contribution in [3.63, 3.8) is 0 Å². The third-order valence-electron chi connectivity index (χ3n) is 6.19. The highest BCUT2D eigenvalue weighted by Gasteiger charge is 2.50. The Morgan fingerprint density at radius 1 is 1.00 bits per heavy atom. The number of likely N-dealkylation sites (tertiary alicyclic amines) is 1. The number of benzene rings is 2. The molecule has 0 saturated carbocycles. The summed E-state index contributed by atoms with van der Waals surface area (Å²) >= 11 is 1.61. The van der Waals surface area contributed by atoms with Crippen LogP contribution < -0.4 is 15.5 Å². The number of rotatable bonds is 3. The van der Waals surface area contributed by atoms with Crippen LogP contribution in [0.4, 0.5) is 16.2 Å². The fourth-order valence-corrected chi connectivity index (χ4v) is 5.32. The maximum Gasteiger partial charge on any atom is 0.321 e. The lowest BCUT2D eigenvalue weighted by Gasteiger charge is -2.43. The van der Waals surface area contributed by atoms with Crippen molar-refractivity contribution < 1.29 is 9.59 Å². The van der Waals surface area contributed by atoms with Crippen LogP contribution in [0.3, 0.4) is 0 Å². The molecule has 2 saturated heterocycles. The molecule has 158 valence electrons. The van der Waals surface area contributed by atoms with Crippen LogP contribution in [-0.2, 0) is 4.79 Å². The van der Waals surface area contributed by atoms with Gasteiger partial charge in [-0.2, -0.15) is 0 Å². The van der Waals surface area contributed by atoms with Crippen LogP contribution in [0.1, 0.15) is 12.8 Å². The van der Waals surface area contributed by atoms with Gasteiger partial charge in [-0.15, -0.1) is 11.3 Å². The number of hydrogen-bond acceptors (Lipinski definition) is 4. The van der Waals surface area contributed by atoms with E-state index in [2.05, 4.69) is 27.7 Å². The van der Waals surface area contributed by atoms with Crippen molar-refractivity contribution in [2.45, 2.75) is 18.4 Å². The third kappa shape index (κ3) is 3.65. The molecule has 1 aromatic heterocycles. The molecular weight excluding hydrogens is 408 g/mol. The van der Waals surface area contributed by atoms with E-state index in [-0.39, 0.29) is 11.9 Å². The maximum atomic E-state index is 12.9. The number of carbonyl (C=O) groups excluding carboxylic acids is 2. The summed E-state index contributed by atoms with van der Waals surface area (Å²) in [6.45, 7) is 1.59. The van der Waals surface area contributed by atoms with Crippen LogP contribution in [0.25, 0.3) is 10.4 Å². The number of amides is 3. The first-order valence-electron chi connectivity index (χ1n) is 10.5. The molecule has 0 bridgehead atoms. The van der Waals surface area contributed by atoms with Gasteiger partial charge in [-0.3, -0.25) is 4.79 Å². The molecule has 3 aromatic rings. The number of nitrogens with zero attached hydrogens (tertiary/aromatic N) is 2. The Bertz CT molecular complexity index is 1080. The predicted molar refractivity (Wildman–Crippen MR) is 124 cm³/mol. The third-order valence-corrected chi connectivity index (χ3v) is 7.17. The summed E-state index contributed by atoms with van der Waals surface area (Å²) < 4.78 is 0. The number of piperidine rings is 1. The zero-order valence-corrected chi connectivity index (χ0v) is 17.9. The highest BCUT2D eigenvalue weighted by molar-refractivity contribution is 7.14. The summed E-state index contributed by atoms with van der Waals surface area (Å²) in [7, 11) is 0. The summed E-state index contributed by atoms with van der Waals surface area (Å²) in [5.41, 5.74) is 2.39. The second-order valence-electron chi connectivity index (χ2n) is 7.94. The van der Waals surface area contributed by atoms with Gasteiger partial charge in [-0.25, -0.2) is 4.79 Å². The van der Waals surface area contributed by atoms with Crippen molar-refractivity contribution >= 4 is 34.6 Å². The van der Waals surface area contributed by atoms with E-state index in [4.69, 9.17) is 0 Å². The molecule has 2 aromatic carbocycles. The molecule has 2 aliphatic rings. The molecular formula is C24H24N4O2S. The second kappa shape index (κ2) is 8.07. The molecule has 0 atom stereocenters. The van der Waals surface area contributed by atoms with E-state index in [9.17, 15) is 9.59 Å². The molecule has 1 spiro atoms. The Morgan fingerprint density at radius 2 is 1.68 bits per heavy atom. The van der Waals surface area contributed by atoms with Gasteiger partial charge in [0, 0.05) is 29.0 Å². The van der Waals surface area contributed by atoms with Gasteiger partial charge in [-0.05, 0) is 36.6 Å². The lowest BCUT2D eigenvalue weighted by Crippen LogP contribution is -2.57. The summed E-state index contributed by atoms with van der Waals surface area (Å²) in [6, 6.07) is 22.0. The minimum absolute atomic E-state index is 0.0572. The number of thiophene rings is 1. The molecule has 3 amide bonds. The average molecular weight is 433 g/mol. The largest absolute Gasteiger partial charge is 0.339 e. The van der Waals surface area contributed by atoms with Gasteiger partial charge in [0.1, 0.15) is 5.54 Å². The molecule has 2 N–H and O–H groups in total. The van der Waals surface area contributed by atoms with Crippen molar-refractivity contribution in [2.24, 2.45) is 0 Å². The molecule has 0 aliphatic carbocycles. The number of carbonyl (C=O) groups is 2. The average Bonchev–Trinajstić information content (AvgIpc) is 3.41. The zero-order chi connectivity index (χ0) is 21.3. The number of anilines is 2. The van der Waals surface area contributed by atoms with Gasteiger partial charge in [0.2, 0.25) is 5.91 Å². The number of nitrogens with one attached hydrogen (secondary N) is 2. The Kier molecular flexibility index (Phi) is 5.11. The van der Waals surface area contributed by atoms with Crippen molar-refractivity contribution in [1.29, 1.82) is 0 Å². The van der Waals surface area contributed by atoms with Crippen molar-refractivity contribution in [1.82, 2.24) is 10.2 Å². The second-order valence-corrected chi connectivity index (χ2v) is 8.85. The normalized spacial score (nSPS) is 17.6. The van der Waals surface area contributed by atoms with Crippen LogP contribution in [-0.4, -0.2) is 42.1 Å². The van der Waals surface area contributed by atoms with Crippen LogP contribution in [0.2, 0.25) is 0 Å². The number of hydrogen-bond donors (Lipinski definition) is 2. The molecule has 31 heavy (non-hydrogen) atoms. The smallest absolute Gasteiger partial charge is 0.321 e. The first-order valence-corrected chi connectivity index (χ1v) is 11.3. The summed E-state index contributed by atoms with van der Waals surface area (Å²) in [6.07, 6.45) is 1.22. The number of urea groups is 1. The van der Waals surface area contributed by atoms with Crippen LogP contribution in [0, 0.1) is 0 Å². The molecule has 5 rings (SSSR count). The van der Waals surface area contributed by atoms with E-state index in [1.54, 1.807) is 16.2 Å². The summed E-state index contributed by atoms with van der Waals surface area (Å²) in [5.74, 6) is 0.0572. The van der Waals surface area contributed by atoms with Crippen molar-refractivity contribution in [2.75, 3.05) is 30.0 Å². The lowest BCUT2D eigenvalue weighted by atomic mass is 9.85.